The summed E-state index contributed by atoms with van der Waals surface area (Å²) in [6.45, 7) is 0. The predicted octanol–water partition coefficient (Wildman–Crippen LogP) is 3.91. The second kappa shape index (κ2) is 5.15. The molecule has 0 atom stereocenters. The van der Waals surface area contributed by atoms with Crippen LogP contribution in [0.1, 0.15) is 36.0 Å². The van der Waals surface area contributed by atoms with Gasteiger partial charge in [-0.1, -0.05) is 0 Å². The molecule has 0 bridgehead atoms. The maximum absolute atomic E-state index is 11.7. The summed E-state index contributed by atoms with van der Waals surface area (Å²) in [6.07, 6.45) is 6.92. The molecule has 1 aromatic carbocycles. The van der Waals surface area contributed by atoms with Gasteiger partial charge in [0.15, 0.2) is 0 Å². The second-order valence-electron chi connectivity index (χ2n) is 4.29. The minimum absolute atomic E-state index is 0.192. The van der Waals surface area contributed by atoms with E-state index in [1.807, 2.05) is 24.3 Å². The van der Waals surface area contributed by atoms with Gasteiger partial charge >= 0.3 is 115 Å². The van der Waals surface area contributed by atoms with Crippen LogP contribution in [0.15, 0.2) is 35.9 Å². The van der Waals surface area contributed by atoms with Crippen molar-refractivity contribution in [3.05, 3.63) is 45.0 Å². The zero-order chi connectivity index (χ0) is 12.4. The predicted molar refractivity (Wildman–Crippen MR) is 78.9 cm³/mol. The second-order valence-corrected chi connectivity index (χ2v) is 7.85. The molecule has 0 saturated heterocycles. The minimum atomic E-state index is -2.05. The van der Waals surface area contributed by atoms with Crippen molar-refractivity contribution in [3.63, 3.8) is 0 Å². The van der Waals surface area contributed by atoms with E-state index >= 15 is 0 Å². The van der Waals surface area contributed by atoms with Gasteiger partial charge in [0.05, 0.1) is 0 Å². The van der Waals surface area contributed by atoms with Crippen LogP contribution < -0.4 is 0 Å². The van der Waals surface area contributed by atoms with Crippen molar-refractivity contribution < 1.29 is 7.86 Å². The molecule has 1 aliphatic carbocycles. The van der Waals surface area contributed by atoms with Gasteiger partial charge in [-0.25, -0.2) is 0 Å². The van der Waals surface area contributed by atoms with E-state index < -0.39 is 20.2 Å². The number of rotatable bonds is 0. The average molecular weight is 352 g/mol. The number of fused-ring (bicyclic) bond motifs is 1. The molecule has 0 amide bonds. The topological polar surface area (TPSA) is 26.3 Å². The first-order valence-electron chi connectivity index (χ1n) is 6.07. The Balaban J connectivity index is 1.85. The van der Waals surface area contributed by atoms with Crippen molar-refractivity contribution in [2.45, 2.75) is 25.7 Å². The Morgan fingerprint density at radius 3 is 2.94 bits per heavy atom. The monoisotopic (exact) mass is 352 g/mol. The van der Waals surface area contributed by atoms with Crippen LogP contribution in [0.5, 0.6) is 0 Å². The molecule has 18 heavy (non-hydrogen) atoms. The molecular formula is C15H13IO2. The molecule has 92 valence electrons. The Kier molecular flexibility index (Phi) is 3.37. The molecule has 2 aliphatic rings. The van der Waals surface area contributed by atoms with Crippen LogP contribution in [-0.4, -0.2) is 5.97 Å². The average Bonchev–Trinajstić information content (AvgIpc) is 2.75. The number of hydrogen-bond donors (Lipinski definition) is 0. The van der Waals surface area contributed by atoms with Crippen LogP contribution in [0, 0.1) is 13.4 Å². The van der Waals surface area contributed by atoms with Crippen molar-refractivity contribution >= 4 is 26.2 Å². The summed E-state index contributed by atoms with van der Waals surface area (Å²) in [7, 11) is 0. The Hall–Kier alpha value is -1.28. The van der Waals surface area contributed by atoms with E-state index in [0.29, 0.717) is 0 Å². The van der Waals surface area contributed by atoms with E-state index in [9.17, 15) is 4.79 Å². The Bertz CT molecular complexity index is 578. The number of hydrogen-bond acceptors (Lipinski definition) is 2. The van der Waals surface area contributed by atoms with Gasteiger partial charge in [-0.2, -0.15) is 0 Å². The molecule has 0 N–H and O–H groups in total. The fraction of sp³-hybridized carbons (Fsp3) is 0.267. The third kappa shape index (κ3) is 2.30. The van der Waals surface area contributed by atoms with Gasteiger partial charge in [-0.05, 0) is 0 Å². The zero-order valence-electron chi connectivity index (χ0n) is 9.91. The molecule has 1 aromatic rings. The maximum atomic E-state index is 11.7. The summed E-state index contributed by atoms with van der Waals surface area (Å²) in [6, 6.07) is 7.63. The molecule has 0 saturated carbocycles. The summed E-state index contributed by atoms with van der Waals surface area (Å²) in [5, 5.41) is 0. The van der Waals surface area contributed by atoms with E-state index in [-0.39, 0.29) is 5.97 Å². The molecule has 0 fully saturated rings. The molecular weight excluding hydrogens is 339 g/mol. The number of carbonyl (C=O) groups excluding carboxylic acids is 1. The molecule has 0 radical (unpaired) electrons. The summed E-state index contributed by atoms with van der Waals surface area (Å²) < 4.78 is 9.72. The fourth-order valence-electron chi connectivity index (χ4n) is 2.06. The van der Waals surface area contributed by atoms with Crippen molar-refractivity contribution in [1.82, 2.24) is 0 Å². The third-order valence-electron chi connectivity index (χ3n) is 3.01. The van der Waals surface area contributed by atoms with Crippen LogP contribution in [-0.2, 0) is 3.07 Å². The van der Waals surface area contributed by atoms with Crippen LogP contribution >= 0.6 is 20.2 Å². The van der Waals surface area contributed by atoms with E-state index in [4.69, 9.17) is 3.07 Å². The van der Waals surface area contributed by atoms with E-state index in [2.05, 4.69) is 15.9 Å². The zero-order valence-corrected chi connectivity index (χ0v) is 12.1. The SMILES string of the molecule is O=C1OI(C#CC2=CCCCC2)c2ccccc21. The van der Waals surface area contributed by atoms with Crippen molar-refractivity contribution in [2.24, 2.45) is 0 Å². The van der Waals surface area contributed by atoms with Gasteiger partial charge < -0.3 is 0 Å². The van der Waals surface area contributed by atoms with Crippen molar-refractivity contribution in [3.8, 4) is 9.85 Å². The van der Waals surface area contributed by atoms with Gasteiger partial charge in [0, 0.05) is 0 Å². The van der Waals surface area contributed by atoms with Crippen LogP contribution in [0.4, 0.5) is 0 Å². The molecule has 2 nitrogen and oxygen atoms in total. The first kappa shape index (κ1) is 11.8. The summed E-state index contributed by atoms with van der Waals surface area (Å²) >= 11 is -2.05. The number of halogens is 1. The van der Waals surface area contributed by atoms with Gasteiger partial charge in [0.25, 0.3) is 0 Å². The van der Waals surface area contributed by atoms with Crippen LogP contribution in [0.25, 0.3) is 0 Å². The van der Waals surface area contributed by atoms with Gasteiger partial charge in [0.1, 0.15) is 0 Å². The first-order valence-corrected chi connectivity index (χ1v) is 9.11. The van der Waals surface area contributed by atoms with E-state index in [0.717, 1.165) is 22.0 Å². The molecule has 0 aromatic heterocycles. The molecule has 1 heterocycles. The summed E-state index contributed by atoms with van der Waals surface area (Å²) in [5.41, 5.74) is 1.94. The molecule has 0 unspecified atom stereocenters. The molecule has 1 aliphatic heterocycles. The Labute approximate surface area is 114 Å². The standard InChI is InChI=1S/C15H13IO2/c17-15-13-8-4-5-9-14(13)16(18-15)11-10-12-6-2-1-3-7-12/h4-6,8-9H,1-3,7H2. The van der Waals surface area contributed by atoms with Crippen LogP contribution in [0.3, 0.4) is 0 Å². The van der Waals surface area contributed by atoms with Gasteiger partial charge in [-0.15, -0.1) is 0 Å². The first-order chi connectivity index (χ1) is 8.84. The Morgan fingerprint density at radius 2 is 2.11 bits per heavy atom. The molecule has 3 rings (SSSR count). The number of carbonyl (C=O) groups is 1. The van der Waals surface area contributed by atoms with Crippen molar-refractivity contribution in [1.29, 1.82) is 0 Å². The van der Waals surface area contributed by atoms with E-state index in [1.165, 1.54) is 18.4 Å². The van der Waals surface area contributed by atoms with E-state index in [1.54, 1.807) is 0 Å². The molecule has 0 spiro atoms. The third-order valence-corrected chi connectivity index (χ3v) is 6.61. The summed E-state index contributed by atoms with van der Waals surface area (Å²) in [4.78, 5) is 11.7. The van der Waals surface area contributed by atoms with Gasteiger partial charge in [-0.3, -0.25) is 0 Å². The quantitative estimate of drug-likeness (QED) is 0.523. The van der Waals surface area contributed by atoms with Crippen molar-refractivity contribution in [2.75, 3.05) is 0 Å². The normalized spacial score (nSPS) is 19.4. The van der Waals surface area contributed by atoms with Crippen LogP contribution in [0.2, 0.25) is 0 Å². The summed E-state index contributed by atoms with van der Waals surface area (Å²) in [5.74, 6) is 3.04. The fourth-order valence-corrected chi connectivity index (χ4v) is 5.38. The number of allylic oxidation sites excluding steroid dienone is 2. The number of benzene rings is 1. The van der Waals surface area contributed by atoms with Gasteiger partial charge in [0.2, 0.25) is 0 Å². The molecule has 3 heteroatoms. The Morgan fingerprint density at radius 1 is 1.22 bits per heavy atom.